The summed E-state index contributed by atoms with van der Waals surface area (Å²) >= 11 is 11.9. The maximum Gasteiger partial charge on any atom is 0.417 e. The van der Waals surface area contributed by atoms with Crippen LogP contribution >= 0.6 is 23.2 Å². The number of rotatable bonds is 0. The second-order valence-corrected chi connectivity index (χ2v) is 8.41. The van der Waals surface area contributed by atoms with Crippen molar-refractivity contribution in [2.24, 2.45) is 4.99 Å². The second kappa shape index (κ2) is 9.31. The summed E-state index contributed by atoms with van der Waals surface area (Å²) < 4.78 is 10.8. The lowest BCUT2D eigenvalue weighted by atomic mass is 10.1. The number of benzene rings is 3. The number of nitrogens with one attached hydrogen (secondary N) is 2. The van der Waals surface area contributed by atoms with Gasteiger partial charge in [0, 0.05) is 36.2 Å². The average molecular weight is 483 g/mol. The molecule has 2 aliphatic rings. The first-order valence-corrected chi connectivity index (χ1v) is 11.2. The number of H-pyrrole nitrogens is 1. The predicted molar refractivity (Wildman–Crippen MR) is 130 cm³/mol. The number of aromatic nitrogens is 1. The fraction of sp³-hybridized carbons (Fsp3) is 0.167. The summed E-state index contributed by atoms with van der Waals surface area (Å²) in [4.78, 5) is 20.3. The third-order valence-electron chi connectivity index (χ3n) is 5.29. The van der Waals surface area contributed by atoms with Gasteiger partial charge in [0.1, 0.15) is 17.3 Å². The van der Waals surface area contributed by atoms with Crippen LogP contribution in [0.2, 0.25) is 10.0 Å². The van der Waals surface area contributed by atoms with Crippen LogP contribution in [0.25, 0.3) is 11.1 Å². The van der Waals surface area contributed by atoms with Gasteiger partial charge >= 0.3 is 5.76 Å². The lowest BCUT2D eigenvalue weighted by Gasteiger charge is -2.30. The molecule has 0 aliphatic carbocycles. The molecule has 168 valence electrons. The highest BCUT2D eigenvalue weighted by atomic mass is 35.5. The Balaban J connectivity index is 0.000000174. The zero-order valence-corrected chi connectivity index (χ0v) is 19.0. The molecule has 0 spiro atoms. The van der Waals surface area contributed by atoms with Gasteiger partial charge in [0.25, 0.3) is 0 Å². The van der Waals surface area contributed by atoms with E-state index in [0.717, 1.165) is 54.8 Å². The Morgan fingerprint density at radius 3 is 2.52 bits per heavy atom. The number of hydrogen-bond donors (Lipinski definition) is 2. The summed E-state index contributed by atoms with van der Waals surface area (Å²) in [6, 6.07) is 18.5. The van der Waals surface area contributed by atoms with Crippen LogP contribution in [0.3, 0.4) is 0 Å². The number of hydrogen-bond acceptors (Lipinski definition) is 6. The third kappa shape index (κ3) is 4.75. The summed E-state index contributed by atoms with van der Waals surface area (Å²) in [5, 5.41) is 4.64. The van der Waals surface area contributed by atoms with Crippen molar-refractivity contribution in [3.63, 3.8) is 0 Å². The first-order chi connectivity index (χ1) is 16.1. The zero-order chi connectivity index (χ0) is 22.8. The third-order valence-corrected chi connectivity index (χ3v) is 5.76. The van der Waals surface area contributed by atoms with Crippen molar-refractivity contribution in [2.45, 2.75) is 0 Å². The number of aliphatic imine (C=N–C) groups is 1. The van der Waals surface area contributed by atoms with Crippen LogP contribution in [0.15, 0.2) is 74.9 Å². The predicted octanol–water partition coefficient (Wildman–Crippen LogP) is 5.20. The molecule has 0 atom stereocenters. The van der Waals surface area contributed by atoms with Crippen LogP contribution in [-0.2, 0) is 0 Å². The van der Waals surface area contributed by atoms with Crippen molar-refractivity contribution in [1.29, 1.82) is 0 Å². The fourth-order valence-corrected chi connectivity index (χ4v) is 4.08. The van der Waals surface area contributed by atoms with Gasteiger partial charge in [0.2, 0.25) is 0 Å². The van der Waals surface area contributed by atoms with E-state index in [1.807, 2.05) is 42.5 Å². The molecule has 6 rings (SSSR count). The standard InChI is InChI=1S/C17H16ClN3O.C7H4ClNO2/c18-12-5-6-15-13(11-12)17(21-9-7-19-8-10-21)20-14-3-1-2-4-16(14)22-15;8-4-1-2-6-5(3-4)9-7(10)11-6/h1-6,11,19H,7-10H2;1-3H,(H,9,10). The van der Waals surface area contributed by atoms with Crippen LogP contribution < -0.4 is 15.8 Å². The number of nitrogens with zero attached hydrogens (tertiary/aromatic N) is 2. The normalized spacial score (nSPS) is 14.8. The van der Waals surface area contributed by atoms with Crippen molar-refractivity contribution in [1.82, 2.24) is 15.2 Å². The summed E-state index contributed by atoms with van der Waals surface area (Å²) in [5.41, 5.74) is 2.95. The van der Waals surface area contributed by atoms with Gasteiger partial charge in [-0.1, -0.05) is 35.3 Å². The number of oxazole rings is 1. The average Bonchev–Trinajstić information content (AvgIpc) is 3.11. The maximum absolute atomic E-state index is 10.6. The summed E-state index contributed by atoms with van der Waals surface area (Å²) in [5.74, 6) is 2.05. The largest absolute Gasteiger partial charge is 0.454 e. The van der Waals surface area contributed by atoms with Crippen LogP contribution in [0, 0.1) is 0 Å². The van der Waals surface area contributed by atoms with E-state index in [0.29, 0.717) is 21.1 Å². The summed E-state index contributed by atoms with van der Waals surface area (Å²) in [7, 11) is 0. The molecule has 0 amide bonds. The minimum Gasteiger partial charge on any atom is -0.454 e. The number of aromatic amines is 1. The van der Waals surface area contributed by atoms with Gasteiger partial charge in [-0.3, -0.25) is 4.98 Å². The SMILES string of the molecule is Clc1ccc2c(c1)C(N1CCNCC1)=Nc1ccccc1O2.O=c1[nH]c2cc(Cl)ccc2o1. The number of halogens is 2. The topological polar surface area (TPSA) is 82.9 Å². The van der Waals surface area contributed by atoms with Crippen LogP contribution in [-0.4, -0.2) is 41.9 Å². The van der Waals surface area contributed by atoms with Crippen LogP contribution in [0.4, 0.5) is 5.69 Å². The molecule has 1 saturated heterocycles. The Morgan fingerprint density at radius 2 is 1.67 bits per heavy atom. The van der Waals surface area contributed by atoms with E-state index in [1.54, 1.807) is 18.2 Å². The Kier molecular flexibility index (Phi) is 6.09. The molecule has 2 aliphatic heterocycles. The van der Waals surface area contributed by atoms with E-state index < -0.39 is 5.76 Å². The smallest absolute Gasteiger partial charge is 0.417 e. The van der Waals surface area contributed by atoms with Gasteiger partial charge in [-0.2, -0.15) is 0 Å². The fourth-order valence-electron chi connectivity index (χ4n) is 3.74. The first kappa shape index (κ1) is 21.6. The first-order valence-electron chi connectivity index (χ1n) is 10.5. The van der Waals surface area contributed by atoms with Crippen molar-refractivity contribution in [2.75, 3.05) is 26.2 Å². The monoisotopic (exact) mass is 482 g/mol. The molecular weight excluding hydrogens is 463 g/mol. The molecule has 0 saturated carbocycles. The van der Waals surface area contributed by atoms with Crippen molar-refractivity contribution in [3.05, 3.63) is 86.8 Å². The molecule has 0 radical (unpaired) electrons. The van der Waals surface area contributed by atoms with E-state index in [2.05, 4.69) is 15.2 Å². The lowest BCUT2D eigenvalue weighted by molar-refractivity contribution is 0.357. The van der Waals surface area contributed by atoms with Gasteiger partial charge in [-0.25, -0.2) is 9.79 Å². The van der Waals surface area contributed by atoms with E-state index in [9.17, 15) is 4.79 Å². The molecule has 1 aromatic heterocycles. The minimum absolute atomic E-state index is 0.456. The molecular formula is C24H20Cl2N4O3. The van der Waals surface area contributed by atoms with E-state index >= 15 is 0 Å². The van der Waals surface area contributed by atoms with E-state index in [-0.39, 0.29) is 0 Å². The van der Waals surface area contributed by atoms with E-state index in [4.69, 9.17) is 37.3 Å². The Hall–Kier alpha value is -3.26. The minimum atomic E-state index is -0.456. The molecule has 33 heavy (non-hydrogen) atoms. The van der Waals surface area contributed by atoms with Gasteiger partial charge < -0.3 is 19.4 Å². The Bertz CT molecular complexity index is 1390. The number of fused-ring (bicyclic) bond motifs is 3. The highest BCUT2D eigenvalue weighted by molar-refractivity contribution is 6.31. The van der Waals surface area contributed by atoms with Crippen LogP contribution in [0.5, 0.6) is 11.5 Å². The summed E-state index contributed by atoms with van der Waals surface area (Å²) in [6.45, 7) is 3.76. The molecule has 4 aromatic rings. The lowest BCUT2D eigenvalue weighted by Crippen LogP contribution is -2.46. The Labute approximate surface area is 199 Å². The molecule has 7 nitrogen and oxygen atoms in total. The molecule has 0 unspecified atom stereocenters. The zero-order valence-electron chi connectivity index (χ0n) is 17.5. The van der Waals surface area contributed by atoms with Crippen molar-refractivity contribution >= 4 is 45.8 Å². The maximum atomic E-state index is 10.6. The van der Waals surface area contributed by atoms with E-state index in [1.165, 1.54) is 0 Å². The van der Waals surface area contributed by atoms with Crippen molar-refractivity contribution < 1.29 is 9.15 Å². The quantitative estimate of drug-likeness (QED) is 0.359. The molecule has 9 heteroatoms. The second-order valence-electron chi connectivity index (χ2n) is 7.54. The molecule has 0 bridgehead atoms. The molecule has 3 heterocycles. The highest BCUT2D eigenvalue weighted by Gasteiger charge is 2.24. The molecule has 2 N–H and O–H groups in total. The molecule has 3 aromatic carbocycles. The van der Waals surface area contributed by atoms with Gasteiger partial charge in [-0.05, 0) is 48.5 Å². The number of piperazine rings is 1. The van der Waals surface area contributed by atoms with Crippen molar-refractivity contribution in [3.8, 4) is 11.5 Å². The summed E-state index contributed by atoms with van der Waals surface area (Å²) in [6.07, 6.45) is 0. The molecule has 1 fully saturated rings. The number of para-hydroxylation sites is 2. The van der Waals surface area contributed by atoms with Gasteiger partial charge in [0.05, 0.1) is 11.1 Å². The van der Waals surface area contributed by atoms with Gasteiger partial charge in [0.15, 0.2) is 11.3 Å². The Morgan fingerprint density at radius 1 is 0.909 bits per heavy atom. The van der Waals surface area contributed by atoms with Gasteiger partial charge in [-0.15, -0.1) is 0 Å². The number of ether oxygens (including phenoxy) is 1. The number of amidine groups is 1. The van der Waals surface area contributed by atoms with Crippen LogP contribution in [0.1, 0.15) is 5.56 Å². The highest BCUT2D eigenvalue weighted by Crippen LogP contribution is 2.38.